The molecule has 0 spiro atoms. The monoisotopic (exact) mass is 406 g/mol. The number of fused-ring (bicyclic) bond motifs is 1. The van der Waals surface area contributed by atoms with Crippen molar-refractivity contribution in [1.82, 2.24) is 15.1 Å². The molecule has 0 aliphatic rings. The Kier molecular flexibility index (Phi) is 5.38. The molecule has 2 aromatic carbocycles. The van der Waals surface area contributed by atoms with Crippen LogP contribution < -0.4 is 10.1 Å². The minimum absolute atomic E-state index is 0.158. The van der Waals surface area contributed by atoms with Gasteiger partial charge in [0, 0.05) is 11.3 Å². The van der Waals surface area contributed by atoms with E-state index in [2.05, 4.69) is 34.3 Å². The Hall–Kier alpha value is -3.81. The summed E-state index contributed by atoms with van der Waals surface area (Å²) in [5.74, 6) is -0.126. The van der Waals surface area contributed by atoms with Crippen LogP contribution in [0, 0.1) is 5.82 Å². The predicted molar refractivity (Wildman–Crippen MR) is 110 cm³/mol. The fourth-order valence-corrected chi connectivity index (χ4v) is 2.96. The maximum Gasteiger partial charge on any atom is 0.265 e. The molecule has 0 atom stereocenters. The number of anilines is 1. The number of rotatable bonds is 6. The summed E-state index contributed by atoms with van der Waals surface area (Å²) in [6.07, 6.45) is 1.26. The average molecular weight is 406 g/mol. The first-order valence-corrected chi connectivity index (χ1v) is 9.40. The van der Waals surface area contributed by atoms with Crippen molar-refractivity contribution < 1.29 is 18.4 Å². The number of carbonyl (C=O) groups excluding carboxylic acids is 1. The van der Waals surface area contributed by atoms with E-state index in [1.165, 1.54) is 24.0 Å². The van der Waals surface area contributed by atoms with Gasteiger partial charge in [0.15, 0.2) is 6.61 Å². The van der Waals surface area contributed by atoms with Gasteiger partial charge in [-0.05, 0) is 47.9 Å². The van der Waals surface area contributed by atoms with E-state index in [1.807, 2.05) is 24.3 Å². The second-order valence-corrected chi connectivity index (χ2v) is 7.01. The SMILES string of the molecule is CC(C)c1ccc(NC(=O)COc2ncnc3onc(-c4ccc(F)cc4)c23)cc1. The molecule has 0 unspecified atom stereocenters. The smallest absolute Gasteiger partial charge is 0.265 e. The van der Waals surface area contributed by atoms with Gasteiger partial charge in [0.05, 0.1) is 0 Å². The van der Waals surface area contributed by atoms with Crippen LogP contribution in [0.1, 0.15) is 25.3 Å². The van der Waals surface area contributed by atoms with E-state index in [-0.39, 0.29) is 29.9 Å². The normalized spacial score (nSPS) is 11.1. The summed E-state index contributed by atoms with van der Waals surface area (Å²) >= 11 is 0. The molecule has 0 radical (unpaired) electrons. The Morgan fingerprint density at radius 3 is 2.53 bits per heavy atom. The van der Waals surface area contributed by atoms with Gasteiger partial charge in [-0.2, -0.15) is 4.98 Å². The fourth-order valence-electron chi connectivity index (χ4n) is 2.96. The van der Waals surface area contributed by atoms with Crippen LogP contribution in [-0.4, -0.2) is 27.6 Å². The van der Waals surface area contributed by atoms with Crippen LogP contribution in [0.5, 0.6) is 5.88 Å². The molecule has 30 heavy (non-hydrogen) atoms. The Morgan fingerprint density at radius 1 is 1.10 bits per heavy atom. The van der Waals surface area contributed by atoms with Gasteiger partial charge >= 0.3 is 0 Å². The first kappa shape index (κ1) is 19.5. The van der Waals surface area contributed by atoms with E-state index >= 15 is 0 Å². The van der Waals surface area contributed by atoms with Crippen molar-refractivity contribution in [3.05, 3.63) is 66.2 Å². The summed E-state index contributed by atoms with van der Waals surface area (Å²) in [5, 5.41) is 7.19. The van der Waals surface area contributed by atoms with Crippen LogP contribution in [0.25, 0.3) is 22.4 Å². The molecular weight excluding hydrogens is 387 g/mol. The highest BCUT2D eigenvalue weighted by Gasteiger charge is 2.18. The molecule has 0 bridgehead atoms. The second-order valence-electron chi connectivity index (χ2n) is 7.01. The van der Waals surface area contributed by atoms with Gasteiger partial charge < -0.3 is 14.6 Å². The number of benzene rings is 2. The highest BCUT2D eigenvalue weighted by atomic mass is 19.1. The molecule has 4 rings (SSSR count). The van der Waals surface area contributed by atoms with Crippen LogP contribution in [0.15, 0.2) is 59.4 Å². The van der Waals surface area contributed by atoms with Gasteiger partial charge in [0.25, 0.3) is 11.6 Å². The van der Waals surface area contributed by atoms with Crippen LogP contribution >= 0.6 is 0 Å². The number of nitrogens with zero attached hydrogens (tertiary/aromatic N) is 3. The Morgan fingerprint density at radius 2 is 1.83 bits per heavy atom. The van der Waals surface area contributed by atoms with Crippen molar-refractivity contribution in [2.45, 2.75) is 19.8 Å². The molecular formula is C22H19FN4O3. The minimum atomic E-state index is -0.364. The van der Waals surface area contributed by atoms with Crippen molar-refractivity contribution in [3.63, 3.8) is 0 Å². The molecule has 0 aliphatic heterocycles. The number of hydrogen-bond acceptors (Lipinski definition) is 6. The van der Waals surface area contributed by atoms with Crippen LogP contribution in [-0.2, 0) is 4.79 Å². The molecule has 0 saturated carbocycles. The van der Waals surface area contributed by atoms with Gasteiger partial charge in [-0.1, -0.05) is 31.1 Å². The quantitative estimate of drug-likeness (QED) is 0.505. The zero-order chi connectivity index (χ0) is 21.1. The van der Waals surface area contributed by atoms with Gasteiger partial charge in [-0.15, -0.1) is 0 Å². The highest BCUT2D eigenvalue weighted by molar-refractivity contribution is 5.94. The first-order chi connectivity index (χ1) is 14.5. The Bertz CT molecular complexity index is 1170. The van der Waals surface area contributed by atoms with E-state index < -0.39 is 0 Å². The van der Waals surface area contributed by atoms with E-state index in [4.69, 9.17) is 9.26 Å². The van der Waals surface area contributed by atoms with Gasteiger partial charge in [0.2, 0.25) is 5.88 Å². The molecule has 1 amide bonds. The van der Waals surface area contributed by atoms with Crippen molar-refractivity contribution >= 4 is 22.7 Å². The number of nitrogens with one attached hydrogen (secondary N) is 1. The van der Waals surface area contributed by atoms with Crippen molar-refractivity contribution in [1.29, 1.82) is 0 Å². The van der Waals surface area contributed by atoms with Crippen molar-refractivity contribution in [2.24, 2.45) is 0 Å². The van der Waals surface area contributed by atoms with E-state index in [9.17, 15) is 9.18 Å². The fraction of sp³-hybridized carbons (Fsp3) is 0.182. The predicted octanol–water partition coefficient (Wildman–Crippen LogP) is 4.56. The second kappa shape index (κ2) is 8.28. The summed E-state index contributed by atoms with van der Waals surface area (Å²) < 4.78 is 24.1. The van der Waals surface area contributed by atoms with Gasteiger partial charge in [0.1, 0.15) is 23.2 Å². The summed E-state index contributed by atoms with van der Waals surface area (Å²) in [6, 6.07) is 13.4. The largest absolute Gasteiger partial charge is 0.467 e. The number of halogens is 1. The maximum atomic E-state index is 13.2. The Labute approximate surface area is 171 Å². The van der Waals surface area contributed by atoms with Crippen molar-refractivity contribution in [3.8, 4) is 17.1 Å². The highest BCUT2D eigenvalue weighted by Crippen LogP contribution is 2.32. The standard InChI is InChI=1S/C22H19FN4O3/c1-13(2)14-5-9-17(10-6-14)26-18(28)11-29-21-19-20(15-3-7-16(23)8-4-15)27-30-22(19)25-12-24-21/h3-10,12-13H,11H2,1-2H3,(H,26,28). The average Bonchev–Trinajstić information content (AvgIpc) is 3.18. The van der Waals surface area contributed by atoms with Gasteiger partial charge in [-0.3, -0.25) is 4.79 Å². The maximum absolute atomic E-state index is 13.2. The molecule has 8 heteroatoms. The lowest BCUT2D eigenvalue weighted by atomic mass is 10.0. The van der Waals surface area contributed by atoms with Crippen LogP contribution in [0.2, 0.25) is 0 Å². The third-order valence-corrected chi connectivity index (χ3v) is 4.56. The number of carbonyl (C=O) groups is 1. The zero-order valence-electron chi connectivity index (χ0n) is 16.4. The van der Waals surface area contributed by atoms with Gasteiger partial charge in [-0.25, -0.2) is 9.37 Å². The Balaban J connectivity index is 1.50. The van der Waals surface area contributed by atoms with E-state index in [0.717, 1.165) is 0 Å². The third-order valence-electron chi connectivity index (χ3n) is 4.56. The lowest BCUT2D eigenvalue weighted by Gasteiger charge is -2.09. The molecule has 152 valence electrons. The minimum Gasteiger partial charge on any atom is -0.467 e. The zero-order valence-corrected chi connectivity index (χ0v) is 16.4. The summed E-state index contributed by atoms with van der Waals surface area (Å²) in [4.78, 5) is 20.4. The lowest BCUT2D eigenvalue weighted by molar-refractivity contribution is -0.118. The summed E-state index contributed by atoms with van der Waals surface area (Å²) in [6.45, 7) is 3.95. The number of aromatic nitrogens is 3. The summed E-state index contributed by atoms with van der Waals surface area (Å²) in [5.41, 5.74) is 3.10. The topological polar surface area (TPSA) is 90.1 Å². The first-order valence-electron chi connectivity index (χ1n) is 9.40. The molecule has 4 aromatic rings. The number of hydrogen-bond donors (Lipinski definition) is 1. The van der Waals surface area contributed by atoms with Crippen LogP contribution in [0.4, 0.5) is 10.1 Å². The molecule has 7 nitrogen and oxygen atoms in total. The van der Waals surface area contributed by atoms with Crippen molar-refractivity contribution in [2.75, 3.05) is 11.9 Å². The number of amides is 1. The summed E-state index contributed by atoms with van der Waals surface area (Å²) in [7, 11) is 0. The lowest BCUT2D eigenvalue weighted by Crippen LogP contribution is -2.20. The molecule has 0 saturated heterocycles. The van der Waals surface area contributed by atoms with E-state index in [0.29, 0.717) is 28.2 Å². The molecule has 0 aliphatic carbocycles. The van der Waals surface area contributed by atoms with E-state index in [1.54, 1.807) is 12.1 Å². The molecule has 1 N–H and O–H groups in total. The molecule has 2 aromatic heterocycles. The third kappa shape index (κ3) is 4.12. The van der Waals surface area contributed by atoms with Crippen LogP contribution in [0.3, 0.4) is 0 Å². The molecule has 0 fully saturated rings. The molecule has 2 heterocycles. The number of ether oxygens (including phenoxy) is 1.